The molecule has 0 saturated heterocycles. The third kappa shape index (κ3) is 2.61. The first-order chi connectivity index (χ1) is 7.24. The van der Waals surface area contributed by atoms with Crippen molar-refractivity contribution in [2.24, 2.45) is 14.1 Å². The summed E-state index contributed by atoms with van der Waals surface area (Å²) in [6, 6.07) is 0. The summed E-state index contributed by atoms with van der Waals surface area (Å²) >= 11 is 0. The summed E-state index contributed by atoms with van der Waals surface area (Å²) in [7, 11) is 3.84. The fourth-order valence-electron chi connectivity index (χ4n) is 1.46. The average Bonchev–Trinajstić information content (AvgIpc) is 2.76. The van der Waals surface area contributed by atoms with E-state index in [0.29, 0.717) is 0 Å². The molecule has 2 rings (SSSR count). The number of aryl methyl sites for hydroxylation is 4. The van der Waals surface area contributed by atoms with Crippen molar-refractivity contribution in [1.82, 2.24) is 19.8 Å². The van der Waals surface area contributed by atoms with E-state index in [9.17, 15) is 0 Å². The normalized spacial score (nSPS) is 10.8. The largest absolute Gasteiger partial charge is 0.155 e. The van der Waals surface area contributed by atoms with E-state index in [1.807, 2.05) is 48.2 Å². The van der Waals surface area contributed by atoms with Gasteiger partial charge in [0.2, 0.25) is 0 Å². The van der Waals surface area contributed by atoms with Crippen LogP contribution in [0.3, 0.4) is 0 Å². The molecule has 0 unspecified atom stereocenters. The van der Waals surface area contributed by atoms with E-state index in [-0.39, 0.29) is 0 Å². The molecule has 80 valence electrons. The molecule has 2 aromatic heterocycles. The molecule has 0 radical (unpaired) electrons. The van der Waals surface area contributed by atoms with Crippen LogP contribution in [0.15, 0.2) is 24.8 Å². The summed E-state index contributed by atoms with van der Waals surface area (Å²) in [4.78, 5) is 0. The van der Waals surface area contributed by atoms with Crippen molar-refractivity contribution < 1.29 is 9.36 Å². The molecule has 0 fully saturated rings. The Labute approximate surface area is 88.3 Å². The molecule has 6 nitrogen and oxygen atoms in total. The molecule has 0 aliphatic rings. The van der Waals surface area contributed by atoms with Crippen LogP contribution in [0.5, 0.6) is 0 Å². The van der Waals surface area contributed by atoms with Gasteiger partial charge in [-0.15, -0.1) is 18.7 Å². The number of hydrogen-bond donors (Lipinski definition) is 0. The second-order valence-electron chi connectivity index (χ2n) is 3.60. The lowest BCUT2D eigenvalue weighted by atomic mass is 10.4. The second kappa shape index (κ2) is 4.20. The predicted molar refractivity (Wildman–Crippen MR) is 51.4 cm³/mol. The number of hydrogen-bond acceptors (Lipinski definition) is 2. The van der Waals surface area contributed by atoms with Gasteiger partial charge in [-0.25, -0.2) is 0 Å². The van der Waals surface area contributed by atoms with E-state index in [2.05, 4.69) is 10.4 Å². The molecule has 0 bridgehead atoms. The van der Waals surface area contributed by atoms with Crippen LogP contribution in [0, 0.1) is 0 Å². The second-order valence-corrected chi connectivity index (χ2v) is 3.60. The van der Waals surface area contributed by atoms with Gasteiger partial charge in [0.15, 0.2) is 24.8 Å². The zero-order valence-corrected chi connectivity index (χ0v) is 9.11. The number of aromatic nitrogens is 6. The van der Waals surface area contributed by atoms with E-state index >= 15 is 0 Å². The maximum absolute atomic E-state index is 4.25. The van der Waals surface area contributed by atoms with Crippen molar-refractivity contribution in [3.8, 4) is 0 Å². The fourth-order valence-corrected chi connectivity index (χ4v) is 1.46. The van der Waals surface area contributed by atoms with Gasteiger partial charge in [-0.1, -0.05) is 0 Å². The minimum Gasteiger partial charge on any atom is -0.141 e. The highest BCUT2D eigenvalue weighted by Gasteiger charge is 2.05. The van der Waals surface area contributed by atoms with Crippen LogP contribution in [0.2, 0.25) is 0 Å². The Bertz CT molecular complexity index is 389. The third-order valence-corrected chi connectivity index (χ3v) is 2.20. The quantitative estimate of drug-likeness (QED) is 0.594. The molecule has 6 heteroatoms. The summed E-state index contributed by atoms with van der Waals surface area (Å²) < 4.78 is 7.47. The predicted octanol–water partition coefficient (Wildman–Crippen LogP) is -1.18. The minimum absolute atomic E-state index is 0.921. The molecule has 0 aromatic carbocycles. The first kappa shape index (κ1) is 9.82. The highest BCUT2D eigenvalue weighted by molar-refractivity contribution is 4.60. The van der Waals surface area contributed by atoms with Gasteiger partial charge < -0.3 is 0 Å². The maximum Gasteiger partial charge on any atom is 0.155 e. The van der Waals surface area contributed by atoms with Gasteiger partial charge >= 0.3 is 0 Å². The number of nitrogens with zero attached hydrogens (tertiary/aromatic N) is 6. The molecule has 15 heavy (non-hydrogen) atoms. The molecular weight excluding hydrogens is 192 g/mol. The molecule has 0 saturated carbocycles. The van der Waals surface area contributed by atoms with Crippen LogP contribution in [-0.2, 0) is 27.2 Å². The van der Waals surface area contributed by atoms with Crippen molar-refractivity contribution >= 4 is 0 Å². The van der Waals surface area contributed by atoms with Crippen LogP contribution < -0.4 is 9.36 Å². The van der Waals surface area contributed by atoms with Crippen molar-refractivity contribution in [1.29, 1.82) is 0 Å². The van der Waals surface area contributed by atoms with Gasteiger partial charge in [0.1, 0.15) is 27.2 Å². The lowest BCUT2D eigenvalue weighted by Crippen LogP contribution is -2.31. The Morgan fingerprint density at radius 1 is 0.933 bits per heavy atom. The third-order valence-electron chi connectivity index (χ3n) is 2.20. The van der Waals surface area contributed by atoms with E-state index in [0.717, 1.165) is 19.5 Å². The lowest BCUT2D eigenvalue weighted by Gasteiger charge is -1.91. The summed E-state index contributed by atoms with van der Waals surface area (Å²) in [5.74, 6) is 0. The van der Waals surface area contributed by atoms with Gasteiger partial charge in [0.05, 0.1) is 10.4 Å². The van der Waals surface area contributed by atoms with E-state index in [1.165, 1.54) is 0 Å². The molecule has 0 amide bonds. The van der Waals surface area contributed by atoms with Crippen molar-refractivity contribution in [2.75, 3.05) is 0 Å². The van der Waals surface area contributed by atoms with E-state index < -0.39 is 0 Å². The fraction of sp³-hybridized carbons (Fsp3) is 0.556. The molecule has 2 heterocycles. The van der Waals surface area contributed by atoms with Crippen molar-refractivity contribution in [2.45, 2.75) is 19.5 Å². The van der Waals surface area contributed by atoms with Gasteiger partial charge in [0.25, 0.3) is 0 Å². The molecule has 0 aliphatic heterocycles. The molecule has 0 N–H and O–H groups in total. The lowest BCUT2D eigenvalue weighted by molar-refractivity contribution is -0.732. The first-order valence-corrected chi connectivity index (χ1v) is 5.03. The van der Waals surface area contributed by atoms with Gasteiger partial charge in [-0.2, -0.15) is 0 Å². The first-order valence-electron chi connectivity index (χ1n) is 5.03. The van der Waals surface area contributed by atoms with Gasteiger partial charge in [-0.3, -0.25) is 0 Å². The highest BCUT2D eigenvalue weighted by atomic mass is 15.5. The molecular formula is C9H16N6+2. The Kier molecular flexibility index (Phi) is 2.75. The Morgan fingerprint density at radius 2 is 1.40 bits per heavy atom. The smallest absolute Gasteiger partial charge is 0.141 e. The minimum atomic E-state index is 0.921. The summed E-state index contributed by atoms with van der Waals surface area (Å²) in [6.07, 6.45) is 8.86. The van der Waals surface area contributed by atoms with Crippen molar-refractivity contribution in [3.05, 3.63) is 24.8 Å². The highest BCUT2D eigenvalue weighted by Crippen LogP contribution is 1.90. The standard InChI is InChI=1S/C9H16N6/c1-12-6-8-14(10-12)4-3-5-15-9-7-13(2)11-15/h6-9H,3-5H2,1-2H3/q+2. The molecule has 0 spiro atoms. The monoisotopic (exact) mass is 208 g/mol. The van der Waals surface area contributed by atoms with Crippen LogP contribution in [-0.4, -0.2) is 19.8 Å². The Hall–Kier alpha value is -1.72. The molecule has 0 atom stereocenters. The number of rotatable bonds is 4. The SMILES string of the molecule is C[n+]1ccn(CCCn2cc[n+](C)n2)n1. The Balaban J connectivity index is 1.80. The van der Waals surface area contributed by atoms with Crippen LogP contribution >= 0.6 is 0 Å². The van der Waals surface area contributed by atoms with E-state index in [4.69, 9.17) is 0 Å². The maximum atomic E-state index is 4.25. The zero-order chi connectivity index (χ0) is 10.7. The van der Waals surface area contributed by atoms with Gasteiger partial charge in [-0.05, 0) is 0 Å². The van der Waals surface area contributed by atoms with Crippen molar-refractivity contribution in [3.63, 3.8) is 0 Å². The Morgan fingerprint density at radius 3 is 1.73 bits per heavy atom. The topological polar surface area (TPSA) is 43.4 Å². The van der Waals surface area contributed by atoms with Gasteiger partial charge in [0, 0.05) is 6.42 Å². The summed E-state index contributed by atoms with van der Waals surface area (Å²) in [6.45, 7) is 1.84. The van der Waals surface area contributed by atoms with E-state index in [1.54, 1.807) is 9.36 Å². The summed E-state index contributed by atoms with van der Waals surface area (Å²) in [5.41, 5.74) is 0. The summed E-state index contributed by atoms with van der Waals surface area (Å²) in [5, 5.41) is 8.49. The van der Waals surface area contributed by atoms with Crippen LogP contribution in [0.25, 0.3) is 0 Å². The average molecular weight is 208 g/mol. The van der Waals surface area contributed by atoms with Crippen LogP contribution in [0.4, 0.5) is 0 Å². The van der Waals surface area contributed by atoms with Crippen LogP contribution in [0.1, 0.15) is 6.42 Å². The zero-order valence-electron chi connectivity index (χ0n) is 9.11. The molecule has 2 aromatic rings. The molecule has 0 aliphatic carbocycles.